The van der Waals surface area contributed by atoms with Crippen LogP contribution < -0.4 is 20.3 Å². The predicted molar refractivity (Wildman–Crippen MR) is 148 cm³/mol. The maximum absolute atomic E-state index is 11.9. The van der Waals surface area contributed by atoms with Crippen LogP contribution in [0.3, 0.4) is 0 Å². The van der Waals surface area contributed by atoms with Crippen LogP contribution in [0, 0.1) is 13.8 Å². The molecule has 188 valence electrons. The summed E-state index contributed by atoms with van der Waals surface area (Å²) in [6.45, 7) is 5.65. The maximum Gasteiger partial charge on any atom is 0.221 e. The Bertz CT molecular complexity index is 1450. The fraction of sp³-hybridized carbons (Fsp3) is 0.214. The third kappa shape index (κ3) is 4.53. The van der Waals surface area contributed by atoms with Crippen molar-refractivity contribution in [1.29, 1.82) is 0 Å². The monoisotopic (exact) mass is 512 g/mol. The Morgan fingerprint density at radius 2 is 1.81 bits per heavy atom. The van der Waals surface area contributed by atoms with Crippen LogP contribution in [0.2, 0.25) is 0 Å². The zero-order chi connectivity index (χ0) is 26.1. The molecule has 1 aliphatic rings. The number of hydrogen-bond acceptors (Lipinski definition) is 5. The molecule has 8 nitrogen and oxygen atoms in total. The van der Waals surface area contributed by atoms with E-state index in [1.807, 2.05) is 54.6 Å². The van der Waals surface area contributed by atoms with Crippen molar-refractivity contribution in [3.63, 3.8) is 0 Å². The summed E-state index contributed by atoms with van der Waals surface area (Å²) in [5.41, 5.74) is 5.52. The van der Waals surface area contributed by atoms with Crippen molar-refractivity contribution in [3.05, 3.63) is 95.7 Å². The number of carbonyl (C=O) groups excluding carboxylic acids is 1. The zero-order valence-electron chi connectivity index (χ0n) is 21.1. The lowest BCUT2D eigenvalue weighted by molar-refractivity contribution is -0.114. The van der Waals surface area contributed by atoms with Gasteiger partial charge >= 0.3 is 0 Å². The molecule has 0 spiro atoms. The second-order valence-corrected chi connectivity index (χ2v) is 9.30. The van der Waals surface area contributed by atoms with Gasteiger partial charge in [0.1, 0.15) is 11.6 Å². The first-order chi connectivity index (χ1) is 17.9. The summed E-state index contributed by atoms with van der Waals surface area (Å²) in [4.78, 5) is 23.2. The molecule has 0 radical (unpaired) electrons. The van der Waals surface area contributed by atoms with Crippen molar-refractivity contribution in [2.45, 2.75) is 32.9 Å². The van der Waals surface area contributed by atoms with E-state index in [0.717, 1.165) is 34.2 Å². The lowest BCUT2D eigenvalue weighted by atomic mass is 9.96. The number of nitrogens with one attached hydrogen (secondary N) is 2. The number of methoxy groups -OCH3 is 1. The second-order valence-electron chi connectivity index (χ2n) is 8.91. The molecule has 37 heavy (non-hydrogen) atoms. The first-order valence-corrected chi connectivity index (χ1v) is 12.4. The summed E-state index contributed by atoms with van der Waals surface area (Å²) in [5.74, 6) is 1.25. The molecule has 1 aliphatic heterocycles. The molecule has 0 saturated carbocycles. The summed E-state index contributed by atoms with van der Waals surface area (Å²) in [6.07, 6.45) is 3.59. The van der Waals surface area contributed by atoms with Gasteiger partial charge in [0, 0.05) is 36.4 Å². The minimum Gasteiger partial charge on any atom is -0.495 e. The first-order valence-electron chi connectivity index (χ1n) is 12.0. The molecule has 0 aliphatic carbocycles. The highest BCUT2D eigenvalue weighted by Gasteiger charge is 2.42. The van der Waals surface area contributed by atoms with Crippen LogP contribution in [0.15, 0.2) is 73.1 Å². The normalized spacial score (nSPS) is 17.0. The highest BCUT2D eigenvalue weighted by atomic mass is 32.1. The highest BCUT2D eigenvalue weighted by molar-refractivity contribution is 7.80. The van der Waals surface area contributed by atoms with Crippen LogP contribution in [0.4, 0.5) is 11.4 Å². The van der Waals surface area contributed by atoms with Gasteiger partial charge in [0.25, 0.3) is 0 Å². The second kappa shape index (κ2) is 10.0. The minimum atomic E-state index is -0.204. The predicted octanol–water partition coefficient (Wildman–Crippen LogP) is 5.03. The van der Waals surface area contributed by atoms with E-state index in [-0.39, 0.29) is 18.0 Å². The Morgan fingerprint density at radius 1 is 1.05 bits per heavy atom. The van der Waals surface area contributed by atoms with E-state index in [1.54, 1.807) is 19.5 Å². The van der Waals surface area contributed by atoms with E-state index >= 15 is 0 Å². The number of carbonyl (C=O) groups is 1. The number of aromatic nitrogens is 3. The Kier molecular flexibility index (Phi) is 6.62. The Hall–Kier alpha value is -4.24. The number of anilines is 2. The van der Waals surface area contributed by atoms with Crippen molar-refractivity contribution in [3.8, 4) is 11.6 Å². The third-order valence-corrected chi connectivity index (χ3v) is 6.85. The fourth-order valence-corrected chi connectivity index (χ4v) is 5.35. The zero-order valence-corrected chi connectivity index (χ0v) is 21.9. The highest BCUT2D eigenvalue weighted by Crippen LogP contribution is 2.45. The molecule has 1 aromatic carbocycles. The van der Waals surface area contributed by atoms with E-state index in [1.165, 1.54) is 6.92 Å². The number of nitrogens with zero attached hydrogens (tertiary/aromatic N) is 4. The van der Waals surface area contributed by atoms with Gasteiger partial charge in [-0.25, -0.2) is 4.98 Å². The number of rotatable bonds is 6. The number of benzene rings is 1. The van der Waals surface area contributed by atoms with E-state index in [0.29, 0.717) is 16.5 Å². The van der Waals surface area contributed by atoms with Crippen LogP contribution in [0.5, 0.6) is 5.75 Å². The van der Waals surface area contributed by atoms with E-state index < -0.39 is 0 Å². The number of aryl methyl sites for hydroxylation is 1. The van der Waals surface area contributed by atoms with Crippen LogP contribution in [0.25, 0.3) is 5.82 Å². The number of thiocarbonyl (C=S) groups is 1. The summed E-state index contributed by atoms with van der Waals surface area (Å²) in [7, 11) is 1.58. The van der Waals surface area contributed by atoms with Crippen LogP contribution in [-0.4, -0.2) is 32.7 Å². The standard InChI is InChI=1S/C28H28N6O2S/c1-17-15-21(18(2)33(17)25-10-6-8-14-30-25)27-26(22-9-5-7-13-29-22)32-28(37)34(27)20-11-12-24(36-4)23(16-20)31-19(3)35/h5-16,26-27H,1-4H3,(H,31,35)(H,32,37)/t26-,27+/m0/s1. The largest absolute Gasteiger partial charge is 0.495 e. The SMILES string of the molecule is COc1ccc(N2C(=S)N[C@@H](c3ccccn3)[C@H]2c2cc(C)n(-c3ccccn3)c2C)cc1NC(C)=O. The molecule has 0 bridgehead atoms. The quantitative estimate of drug-likeness (QED) is 0.351. The van der Waals surface area contributed by atoms with Gasteiger partial charge in [-0.3, -0.25) is 9.78 Å². The summed E-state index contributed by atoms with van der Waals surface area (Å²) in [6, 6.07) is 19.2. The van der Waals surface area contributed by atoms with Crippen molar-refractivity contribution in [2.24, 2.45) is 0 Å². The van der Waals surface area contributed by atoms with Crippen LogP contribution in [0.1, 0.15) is 41.7 Å². The van der Waals surface area contributed by atoms with E-state index in [9.17, 15) is 4.79 Å². The first kappa shape index (κ1) is 24.5. The minimum absolute atomic E-state index is 0.181. The molecule has 3 aromatic heterocycles. The topological polar surface area (TPSA) is 84.3 Å². The maximum atomic E-state index is 11.9. The Morgan fingerprint density at radius 3 is 2.46 bits per heavy atom. The fourth-order valence-electron chi connectivity index (χ4n) is 5.01. The molecule has 1 fully saturated rings. The third-order valence-electron chi connectivity index (χ3n) is 6.54. The van der Waals surface area contributed by atoms with Gasteiger partial charge < -0.3 is 24.8 Å². The van der Waals surface area contributed by atoms with Crippen LogP contribution >= 0.6 is 12.2 Å². The van der Waals surface area contributed by atoms with Crippen molar-refractivity contribution < 1.29 is 9.53 Å². The number of amides is 1. The molecule has 9 heteroatoms. The van der Waals surface area contributed by atoms with Gasteiger partial charge in [-0.05, 0) is 80.2 Å². The van der Waals surface area contributed by atoms with Crippen molar-refractivity contribution in [2.75, 3.05) is 17.3 Å². The van der Waals surface area contributed by atoms with E-state index in [2.05, 4.69) is 50.0 Å². The number of ether oxygens (including phenoxy) is 1. The summed E-state index contributed by atoms with van der Waals surface area (Å²) >= 11 is 5.89. The van der Waals surface area contributed by atoms with Crippen molar-refractivity contribution in [1.82, 2.24) is 19.9 Å². The molecule has 4 heterocycles. The van der Waals surface area contributed by atoms with Crippen molar-refractivity contribution >= 4 is 34.6 Å². The van der Waals surface area contributed by atoms with Gasteiger partial charge in [-0.15, -0.1) is 0 Å². The average molecular weight is 513 g/mol. The Labute approximate surface area is 221 Å². The molecule has 2 atom stereocenters. The van der Waals surface area contributed by atoms with Crippen LogP contribution in [-0.2, 0) is 4.79 Å². The lowest BCUT2D eigenvalue weighted by Crippen LogP contribution is -2.29. The summed E-state index contributed by atoms with van der Waals surface area (Å²) in [5, 5.41) is 6.94. The molecule has 1 amide bonds. The van der Waals surface area contributed by atoms with Gasteiger partial charge in [-0.1, -0.05) is 12.1 Å². The van der Waals surface area contributed by atoms with Gasteiger partial charge in [0.15, 0.2) is 5.11 Å². The van der Waals surface area contributed by atoms with Gasteiger partial charge in [0.2, 0.25) is 5.91 Å². The molecule has 0 unspecified atom stereocenters. The average Bonchev–Trinajstić information content (AvgIpc) is 3.39. The summed E-state index contributed by atoms with van der Waals surface area (Å²) < 4.78 is 7.63. The smallest absolute Gasteiger partial charge is 0.221 e. The Balaban J connectivity index is 1.68. The molecule has 2 N–H and O–H groups in total. The molecule has 1 saturated heterocycles. The molecular weight excluding hydrogens is 484 g/mol. The molecular formula is C28H28N6O2S. The lowest BCUT2D eigenvalue weighted by Gasteiger charge is -2.29. The number of pyridine rings is 2. The molecule has 4 aromatic rings. The van der Waals surface area contributed by atoms with Gasteiger partial charge in [-0.2, -0.15) is 0 Å². The molecule has 5 rings (SSSR count). The van der Waals surface area contributed by atoms with E-state index in [4.69, 9.17) is 17.0 Å². The van der Waals surface area contributed by atoms with Gasteiger partial charge in [0.05, 0.1) is 30.6 Å². The number of hydrogen-bond donors (Lipinski definition) is 2.